The van der Waals surface area contributed by atoms with Gasteiger partial charge in [0.05, 0.1) is 55.4 Å². The lowest BCUT2D eigenvalue weighted by molar-refractivity contribution is -0.133. The molecule has 1 aromatic heterocycles. The molecule has 1 aliphatic carbocycles. The molecule has 4 aromatic rings. The maximum absolute atomic E-state index is 13.8. The number of fused-ring (bicyclic) bond motifs is 2. The van der Waals surface area contributed by atoms with Crippen LogP contribution in [-0.2, 0) is 36.8 Å². The number of pyridine rings is 1. The van der Waals surface area contributed by atoms with Crippen molar-refractivity contribution >= 4 is 52.4 Å². The molecule has 478 valence electrons. The van der Waals surface area contributed by atoms with Crippen LogP contribution in [-0.4, -0.2) is 160 Å². The fourth-order valence-electron chi connectivity index (χ4n) is 11.2. The number of primary amides is 1. The third kappa shape index (κ3) is 23.9. The van der Waals surface area contributed by atoms with Gasteiger partial charge in [-0.15, -0.1) is 0 Å². The van der Waals surface area contributed by atoms with E-state index in [9.17, 15) is 43.8 Å². The first kappa shape index (κ1) is 70.8. The number of amides is 8. The number of nitrogens with two attached hydrogens (primary N) is 1. The number of carbonyl (C=O) groups is 7. The monoisotopic (exact) mass is 1200 g/mol. The number of likely N-dealkylation sites (tertiary alicyclic amines) is 1. The van der Waals surface area contributed by atoms with E-state index in [0.717, 1.165) is 48.6 Å². The molecule has 2 fully saturated rings. The highest BCUT2D eigenvalue weighted by Crippen LogP contribution is 2.39. The third-order valence-corrected chi connectivity index (χ3v) is 15.7. The van der Waals surface area contributed by atoms with E-state index in [2.05, 4.69) is 60.9 Å². The molecular formula is C67H101N11O9. The maximum Gasteiger partial charge on any atom is 0.317 e. The second-order valence-electron chi connectivity index (χ2n) is 27.3. The van der Waals surface area contributed by atoms with Crippen LogP contribution >= 0.6 is 0 Å². The SMILES string of the molecule is CC(C)(C)NC(=O)[C@@H]1C[C@@H]2CCCC[C@@H]2CN1C[C@@H](O)[C@H](Cc1ccccc1)NC(=O)[C@H](CC(N)=O)NC(=O)c1ccc2ccccc2n1.CNCC(=O)N[C@H](C(=O)N[C@@H](Cc1ccccc1)[C@H](O)CN(CCC(C)C)C(=O)NC(C)(C)C)C(C)(C)C. The number of likely N-dealkylation sites (N-methyl/N-ethyl adjacent to an activating group) is 1. The molecule has 2 aliphatic rings. The van der Waals surface area contributed by atoms with E-state index in [-0.39, 0.29) is 55.5 Å². The second-order valence-corrected chi connectivity index (χ2v) is 27.3. The number of aliphatic hydroxyl groups is 2. The molecule has 8 amide bonds. The Kier molecular flexibility index (Phi) is 26.7. The van der Waals surface area contributed by atoms with Crippen LogP contribution < -0.4 is 43.0 Å². The lowest BCUT2D eigenvalue weighted by Gasteiger charge is -2.47. The Morgan fingerprint density at radius 2 is 1.25 bits per heavy atom. The fraction of sp³-hybridized carbons (Fsp3) is 0.582. The van der Waals surface area contributed by atoms with Crippen LogP contribution in [0.4, 0.5) is 4.79 Å². The molecule has 1 saturated carbocycles. The van der Waals surface area contributed by atoms with Crippen LogP contribution in [0.1, 0.15) is 143 Å². The Hall–Kier alpha value is -7.00. The molecule has 0 unspecified atom stereocenters. The third-order valence-electron chi connectivity index (χ3n) is 15.7. The van der Waals surface area contributed by atoms with Crippen molar-refractivity contribution in [3.8, 4) is 0 Å². The molecule has 1 saturated heterocycles. The molecule has 1 aliphatic heterocycles. The minimum Gasteiger partial charge on any atom is -0.390 e. The number of para-hydroxylation sites is 1. The molecule has 2 heterocycles. The first-order valence-electron chi connectivity index (χ1n) is 31.0. The summed E-state index contributed by atoms with van der Waals surface area (Å²) in [5.74, 6) is -1.49. The van der Waals surface area contributed by atoms with Crippen LogP contribution in [0.5, 0.6) is 0 Å². The Bertz CT molecular complexity index is 2870. The Morgan fingerprint density at radius 3 is 1.82 bits per heavy atom. The number of hydrogen-bond donors (Lipinski definition) is 10. The molecule has 20 heteroatoms. The van der Waals surface area contributed by atoms with Crippen LogP contribution in [0.2, 0.25) is 0 Å². The number of aromatic nitrogens is 1. The lowest BCUT2D eigenvalue weighted by Crippen LogP contribution is -2.61. The average molecular weight is 1200 g/mol. The summed E-state index contributed by atoms with van der Waals surface area (Å²) in [6, 6.07) is 25.5. The first-order chi connectivity index (χ1) is 40.9. The van der Waals surface area contributed by atoms with Crippen LogP contribution in [0, 0.1) is 23.2 Å². The van der Waals surface area contributed by atoms with E-state index in [4.69, 9.17) is 5.73 Å². The van der Waals surface area contributed by atoms with Crippen molar-refractivity contribution in [3.05, 3.63) is 114 Å². The summed E-state index contributed by atoms with van der Waals surface area (Å²) < 4.78 is 0. The summed E-state index contributed by atoms with van der Waals surface area (Å²) >= 11 is 0. The second kappa shape index (κ2) is 32.8. The Labute approximate surface area is 516 Å². The number of nitrogens with zero attached hydrogens (tertiary/aromatic N) is 3. The maximum atomic E-state index is 13.8. The van der Waals surface area contributed by atoms with Crippen molar-refractivity contribution in [3.63, 3.8) is 0 Å². The minimum atomic E-state index is -1.30. The van der Waals surface area contributed by atoms with Crippen LogP contribution in [0.15, 0.2) is 97.1 Å². The normalized spacial score (nSPS) is 18.4. The van der Waals surface area contributed by atoms with Gasteiger partial charge >= 0.3 is 6.03 Å². The number of benzene rings is 3. The minimum absolute atomic E-state index is 0.0543. The van der Waals surface area contributed by atoms with Gasteiger partial charge in [0, 0.05) is 36.1 Å². The van der Waals surface area contributed by atoms with Gasteiger partial charge in [-0.25, -0.2) is 9.78 Å². The van der Waals surface area contributed by atoms with Crippen LogP contribution in [0.25, 0.3) is 10.9 Å². The van der Waals surface area contributed by atoms with E-state index in [1.807, 2.05) is 141 Å². The molecule has 3 aromatic carbocycles. The molecule has 87 heavy (non-hydrogen) atoms. The predicted molar refractivity (Wildman–Crippen MR) is 341 cm³/mol. The van der Waals surface area contributed by atoms with Gasteiger partial charge < -0.3 is 58.1 Å². The molecule has 11 N–H and O–H groups in total. The van der Waals surface area contributed by atoms with Crippen molar-refractivity contribution < 1.29 is 43.8 Å². The highest BCUT2D eigenvalue weighted by Gasteiger charge is 2.43. The van der Waals surface area contributed by atoms with Gasteiger partial charge in [0.1, 0.15) is 17.8 Å². The van der Waals surface area contributed by atoms with Crippen molar-refractivity contribution in [1.82, 2.24) is 52.0 Å². The van der Waals surface area contributed by atoms with E-state index in [0.29, 0.717) is 42.8 Å². The number of piperidine rings is 1. The summed E-state index contributed by atoms with van der Waals surface area (Å²) in [6.45, 7) is 22.9. The fourth-order valence-corrected chi connectivity index (χ4v) is 11.2. The predicted octanol–water partition coefficient (Wildman–Crippen LogP) is 5.77. The van der Waals surface area contributed by atoms with Crippen LogP contribution in [0.3, 0.4) is 0 Å². The summed E-state index contributed by atoms with van der Waals surface area (Å²) in [6.07, 6.45) is 4.14. The summed E-state index contributed by atoms with van der Waals surface area (Å²) in [4.78, 5) is 99.8. The number of carbonyl (C=O) groups excluding carboxylic acids is 7. The van der Waals surface area contributed by atoms with E-state index in [1.165, 1.54) is 6.42 Å². The van der Waals surface area contributed by atoms with E-state index in [1.54, 1.807) is 30.1 Å². The van der Waals surface area contributed by atoms with Crippen molar-refractivity contribution in [1.29, 1.82) is 0 Å². The number of rotatable bonds is 25. The molecule has 0 radical (unpaired) electrons. The highest BCUT2D eigenvalue weighted by atomic mass is 16.3. The summed E-state index contributed by atoms with van der Waals surface area (Å²) in [5, 5.41) is 44.4. The lowest BCUT2D eigenvalue weighted by atomic mass is 9.72. The topological polar surface area (TPSA) is 290 Å². The van der Waals surface area contributed by atoms with Gasteiger partial charge in [0.25, 0.3) is 5.91 Å². The van der Waals surface area contributed by atoms with Gasteiger partial charge in [-0.1, -0.05) is 139 Å². The largest absolute Gasteiger partial charge is 0.390 e. The standard InChI is InChI=1S/C38H50N6O5.C29H51N5O4/c1-38(2,3)43-37(49)32-20-26-14-7-8-15-27(26)22-44(32)23-33(45)30(19-24-11-5-4-6-12-24)41-36(48)31(21-34(39)46)42-35(47)29-18-17-25-13-9-10-16-28(25)40-29;1-20(2)15-16-34(27(38)33-29(6,7)8)19-23(35)22(17-21-13-11-10-12-14-21)31-26(37)25(28(3,4)5)32-24(36)18-30-9/h4-6,9-13,16-18,26-27,30-33,45H,7-8,14-15,19-23H2,1-3H3,(H2,39,46)(H,41,48)(H,42,47)(H,43,49);10-14,20,22-23,25,30,35H,15-19H2,1-9H3,(H,31,37)(H,32,36)(H,33,38)/t26-,27+,30-,31-,32-,33+;22-,23+,25+/m00/s1. The molecule has 0 bridgehead atoms. The zero-order valence-electron chi connectivity index (χ0n) is 53.6. The number of β-amino-alcohol motifs (C(OH)–C–C–N with tert-alkyl or cyclic N) is 1. The Morgan fingerprint density at radius 1 is 0.690 bits per heavy atom. The number of hydrogen-bond acceptors (Lipinski definition) is 12. The van der Waals surface area contributed by atoms with E-state index < -0.39 is 83.1 Å². The summed E-state index contributed by atoms with van der Waals surface area (Å²) in [5.41, 5.74) is 6.65. The van der Waals surface area contributed by atoms with Gasteiger partial charge in [-0.05, 0) is 127 Å². The smallest absolute Gasteiger partial charge is 0.317 e. The Balaban J connectivity index is 0.000000329. The molecule has 0 spiro atoms. The zero-order chi connectivity index (χ0) is 64.2. The number of urea groups is 1. The van der Waals surface area contributed by atoms with E-state index >= 15 is 0 Å². The average Bonchev–Trinajstić information content (AvgIpc) is 1.09. The molecular weight excluding hydrogens is 1100 g/mol. The van der Waals surface area contributed by atoms with Crippen molar-refractivity contribution in [2.24, 2.45) is 28.9 Å². The quantitative estimate of drug-likeness (QED) is 0.0378. The summed E-state index contributed by atoms with van der Waals surface area (Å²) in [7, 11) is 1.67. The molecule has 20 nitrogen and oxygen atoms in total. The first-order valence-corrected chi connectivity index (χ1v) is 31.0. The molecule has 9 atom stereocenters. The highest BCUT2D eigenvalue weighted by molar-refractivity contribution is 5.99. The number of nitrogens with one attached hydrogen (secondary N) is 7. The van der Waals surface area contributed by atoms with Crippen molar-refractivity contribution in [2.45, 2.75) is 187 Å². The zero-order valence-corrected chi connectivity index (χ0v) is 53.6. The van der Waals surface area contributed by atoms with Gasteiger partial charge in [-0.2, -0.15) is 0 Å². The van der Waals surface area contributed by atoms with Gasteiger partial charge in [0.15, 0.2) is 0 Å². The molecule has 6 rings (SSSR count). The van der Waals surface area contributed by atoms with Gasteiger partial charge in [0.2, 0.25) is 29.5 Å². The van der Waals surface area contributed by atoms with Crippen molar-refractivity contribution in [2.75, 3.05) is 39.8 Å². The van der Waals surface area contributed by atoms with Gasteiger partial charge in [-0.3, -0.25) is 33.7 Å². The number of aliphatic hydroxyl groups excluding tert-OH is 2.